The summed E-state index contributed by atoms with van der Waals surface area (Å²) in [5, 5.41) is 14.5. The molecule has 0 aliphatic carbocycles. The van der Waals surface area contributed by atoms with Crippen LogP contribution in [0.5, 0.6) is 0 Å². The third-order valence-electron chi connectivity index (χ3n) is 2.28. The molecule has 4 nitrogen and oxygen atoms in total. The first-order valence-corrected chi connectivity index (χ1v) is 5.17. The molecule has 0 aromatic carbocycles. The van der Waals surface area contributed by atoms with E-state index in [0.29, 0.717) is 5.92 Å². The molecule has 0 aromatic rings. The summed E-state index contributed by atoms with van der Waals surface area (Å²) in [7, 11) is 1.63. The van der Waals surface area contributed by atoms with E-state index in [1.54, 1.807) is 7.05 Å². The number of aliphatic hydroxyl groups is 1. The number of carbonyl (C=O) groups is 1. The van der Waals surface area contributed by atoms with E-state index in [4.69, 9.17) is 5.11 Å². The maximum Gasteiger partial charge on any atom is 0.236 e. The average molecular weight is 202 g/mol. The third kappa shape index (κ3) is 5.94. The van der Waals surface area contributed by atoms with Crippen LogP contribution in [-0.4, -0.2) is 37.3 Å². The van der Waals surface area contributed by atoms with Crippen LogP contribution in [0.15, 0.2) is 0 Å². The molecule has 3 N–H and O–H groups in total. The molecule has 0 aliphatic rings. The van der Waals surface area contributed by atoms with Crippen molar-refractivity contribution < 1.29 is 9.90 Å². The van der Waals surface area contributed by atoms with E-state index >= 15 is 0 Å². The maximum atomic E-state index is 11.1. The SMILES string of the molecule is CNC(=O)C(C)NCCCC(C)CO. The van der Waals surface area contributed by atoms with Crippen LogP contribution in [-0.2, 0) is 4.79 Å². The summed E-state index contributed by atoms with van der Waals surface area (Å²) < 4.78 is 0. The van der Waals surface area contributed by atoms with Gasteiger partial charge in [0.15, 0.2) is 0 Å². The Morgan fingerprint density at radius 2 is 2.07 bits per heavy atom. The molecule has 0 radical (unpaired) electrons. The molecule has 0 saturated heterocycles. The number of nitrogens with one attached hydrogen (secondary N) is 2. The first-order chi connectivity index (χ1) is 6.61. The molecular weight excluding hydrogens is 180 g/mol. The van der Waals surface area contributed by atoms with E-state index in [0.717, 1.165) is 19.4 Å². The van der Waals surface area contributed by atoms with Crippen LogP contribution in [0, 0.1) is 5.92 Å². The van der Waals surface area contributed by atoms with Crippen molar-refractivity contribution in [3.63, 3.8) is 0 Å². The van der Waals surface area contributed by atoms with Gasteiger partial charge in [-0.3, -0.25) is 4.79 Å². The smallest absolute Gasteiger partial charge is 0.236 e. The minimum atomic E-state index is -0.135. The second-order valence-electron chi connectivity index (χ2n) is 3.72. The molecule has 0 spiro atoms. The topological polar surface area (TPSA) is 61.4 Å². The van der Waals surface area contributed by atoms with Gasteiger partial charge in [-0.25, -0.2) is 0 Å². The summed E-state index contributed by atoms with van der Waals surface area (Å²) in [6.45, 7) is 4.92. The van der Waals surface area contributed by atoms with Crippen LogP contribution < -0.4 is 10.6 Å². The standard InChI is InChI=1S/C10H22N2O2/c1-8(7-13)5-4-6-12-9(2)10(14)11-3/h8-9,12-13H,4-7H2,1-3H3,(H,11,14). The van der Waals surface area contributed by atoms with Crippen LogP contribution >= 0.6 is 0 Å². The fraction of sp³-hybridized carbons (Fsp3) is 0.900. The second-order valence-corrected chi connectivity index (χ2v) is 3.72. The summed E-state index contributed by atoms with van der Waals surface area (Å²) >= 11 is 0. The number of hydrogen-bond donors (Lipinski definition) is 3. The maximum absolute atomic E-state index is 11.1. The highest BCUT2D eigenvalue weighted by molar-refractivity contribution is 5.80. The minimum Gasteiger partial charge on any atom is -0.396 e. The van der Waals surface area contributed by atoms with E-state index in [1.165, 1.54) is 0 Å². The predicted molar refractivity (Wildman–Crippen MR) is 57.0 cm³/mol. The summed E-state index contributed by atoms with van der Waals surface area (Å²) in [4.78, 5) is 11.1. The first kappa shape index (κ1) is 13.4. The van der Waals surface area contributed by atoms with Crippen molar-refractivity contribution in [1.29, 1.82) is 0 Å². The van der Waals surface area contributed by atoms with Gasteiger partial charge in [0.1, 0.15) is 0 Å². The monoisotopic (exact) mass is 202 g/mol. The molecule has 84 valence electrons. The third-order valence-corrected chi connectivity index (χ3v) is 2.28. The van der Waals surface area contributed by atoms with Crippen LogP contribution in [0.4, 0.5) is 0 Å². The fourth-order valence-electron chi connectivity index (χ4n) is 1.17. The molecule has 0 aliphatic heterocycles. The highest BCUT2D eigenvalue weighted by atomic mass is 16.3. The highest BCUT2D eigenvalue weighted by Gasteiger charge is 2.08. The van der Waals surface area contributed by atoms with E-state index in [2.05, 4.69) is 10.6 Å². The lowest BCUT2D eigenvalue weighted by Crippen LogP contribution is -2.41. The highest BCUT2D eigenvalue weighted by Crippen LogP contribution is 2.02. The Balaban J connectivity index is 3.40. The Labute approximate surface area is 86.1 Å². The van der Waals surface area contributed by atoms with Gasteiger partial charge in [-0.15, -0.1) is 0 Å². The number of amides is 1. The van der Waals surface area contributed by atoms with Gasteiger partial charge < -0.3 is 15.7 Å². The molecule has 0 saturated carbocycles. The molecule has 14 heavy (non-hydrogen) atoms. The number of rotatable bonds is 7. The Kier molecular flexibility index (Phi) is 7.42. The lowest BCUT2D eigenvalue weighted by molar-refractivity contribution is -0.122. The van der Waals surface area contributed by atoms with Gasteiger partial charge in [-0.1, -0.05) is 6.92 Å². The Morgan fingerprint density at radius 1 is 1.43 bits per heavy atom. The summed E-state index contributed by atoms with van der Waals surface area (Å²) in [5.74, 6) is 0.368. The molecule has 0 aromatic heterocycles. The van der Waals surface area contributed by atoms with Crippen LogP contribution in [0.1, 0.15) is 26.7 Å². The van der Waals surface area contributed by atoms with Gasteiger partial charge in [-0.2, -0.15) is 0 Å². The second kappa shape index (κ2) is 7.76. The largest absolute Gasteiger partial charge is 0.396 e. The van der Waals surface area contributed by atoms with Crippen molar-refractivity contribution in [2.75, 3.05) is 20.2 Å². The Morgan fingerprint density at radius 3 is 2.57 bits per heavy atom. The van der Waals surface area contributed by atoms with Crippen molar-refractivity contribution in [3.8, 4) is 0 Å². The number of hydrogen-bond acceptors (Lipinski definition) is 3. The number of carbonyl (C=O) groups excluding carboxylic acids is 1. The quantitative estimate of drug-likeness (QED) is 0.514. The van der Waals surface area contributed by atoms with E-state index in [-0.39, 0.29) is 18.6 Å². The summed E-state index contributed by atoms with van der Waals surface area (Å²) in [5.41, 5.74) is 0. The fourth-order valence-corrected chi connectivity index (χ4v) is 1.17. The van der Waals surface area contributed by atoms with Crippen molar-refractivity contribution >= 4 is 5.91 Å². The Hall–Kier alpha value is -0.610. The lowest BCUT2D eigenvalue weighted by Gasteiger charge is -2.13. The summed E-state index contributed by atoms with van der Waals surface area (Å²) in [6, 6.07) is -0.135. The molecule has 2 atom stereocenters. The van der Waals surface area contributed by atoms with Crippen molar-refractivity contribution in [3.05, 3.63) is 0 Å². The lowest BCUT2D eigenvalue weighted by atomic mass is 10.1. The predicted octanol–water partition coefficient (Wildman–Crippen LogP) is 0.119. The van der Waals surface area contributed by atoms with E-state index < -0.39 is 0 Å². The van der Waals surface area contributed by atoms with Crippen LogP contribution in [0.2, 0.25) is 0 Å². The first-order valence-electron chi connectivity index (χ1n) is 5.17. The van der Waals surface area contributed by atoms with Gasteiger partial charge in [-0.05, 0) is 32.2 Å². The molecular formula is C10H22N2O2. The van der Waals surface area contributed by atoms with Gasteiger partial charge in [0.25, 0.3) is 0 Å². The summed E-state index contributed by atoms with van der Waals surface area (Å²) in [6.07, 6.45) is 1.98. The number of aliphatic hydroxyl groups excluding tert-OH is 1. The molecule has 0 fully saturated rings. The van der Waals surface area contributed by atoms with Crippen LogP contribution in [0.25, 0.3) is 0 Å². The molecule has 2 unspecified atom stereocenters. The van der Waals surface area contributed by atoms with Gasteiger partial charge in [0, 0.05) is 13.7 Å². The van der Waals surface area contributed by atoms with Crippen molar-refractivity contribution in [1.82, 2.24) is 10.6 Å². The zero-order valence-corrected chi connectivity index (χ0v) is 9.34. The Bertz CT molecular complexity index is 162. The normalized spacial score (nSPS) is 14.9. The number of likely N-dealkylation sites (N-methyl/N-ethyl adjacent to an activating group) is 1. The minimum absolute atomic E-state index is 0.0141. The van der Waals surface area contributed by atoms with Crippen molar-refractivity contribution in [2.24, 2.45) is 5.92 Å². The van der Waals surface area contributed by atoms with Gasteiger partial charge in [0.2, 0.25) is 5.91 Å². The van der Waals surface area contributed by atoms with Crippen molar-refractivity contribution in [2.45, 2.75) is 32.7 Å². The van der Waals surface area contributed by atoms with E-state index in [9.17, 15) is 4.79 Å². The zero-order valence-electron chi connectivity index (χ0n) is 9.34. The molecule has 4 heteroatoms. The molecule has 0 rings (SSSR count). The molecule has 0 heterocycles. The van der Waals surface area contributed by atoms with E-state index in [1.807, 2.05) is 13.8 Å². The molecule has 0 bridgehead atoms. The van der Waals surface area contributed by atoms with Gasteiger partial charge >= 0.3 is 0 Å². The average Bonchev–Trinajstić information content (AvgIpc) is 2.22. The zero-order chi connectivity index (χ0) is 11.0. The van der Waals surface area contributed by atoms with Crippen LogP contribution in [0.3, 0.4) is 0 Å². The van der Waals surface area contributed by atoms with Gasteiger partial charge in [0.05, 0.1) is 6.04 Å². The molecule has 1 amide bonds.